The lowest BCUT2D eigenvalue weighted by atomic mass is 10.1. The molecule has 0 saturated heterocycles. The highest BCUT2D eigenvalue weighted by molar-refractivity contribution is 5.90. The van der Waals surface area contributed by atoms with Crippen molar-refractivity contribution in [2.24, 2.45) is 0 Å². The van der Waals surface area contributed by atoms with Gasteiger partial charge in [0.15, 0.2) is 6.20 Å². The van der Waals surface area contributed by atoms with Crippen LogP contribution in [0, 0.1) is 0 Å². The van der Waals surface area contributed by atoms with Gasteiger partial charge in [0.2, 0.25) is 5.52 Å². The van der Waals surface area contributed by atoms with E-state index >= 15 is 0 Å². The predicted octanol–water partition coefficient (Wildman–Crippen LogP) is -1.01. The number of rotatable bonds is 0. The van der Waals surface area contributed by atoms with Crippen LogP contribution in [-0.4, -0.2) is 0 Å². The molecule has 0 amide bonds. The molecule has 0 saturated carbocycles. The van der Waals surface area contributed by atoms with Crippen LogP contribution in [0.2, 0.25) is 0 Å². The second-order valence-electron chi connectivity index (χ2n) is 3.18. The van der Waals surface area contributed by atoms with Gasteiger partial charge in [-0.25, -0.2) is 10.5 Å². The summed E-state index contributed by atoms with van der Waals surface area (Å²) in [5.41, 5.74) is 6.09. The van der Waals surface area contributed by atoms with Gasteiger partial charge in [0, 0.05) is 11.5 Å². The predicted molar refractivity (Wildman–Crippen MR) is 54.2 cm³/mol. The van der Waals surface area contributed by atoms with Crippen LogP contribution in [-0.2, 0) is 4.84 Å². The molecular formula is C11H9ClN2O. The van der Waals surface area contributed by atoms with E-state index in [-0.39, 0.29) is 12.4 Å². The van der Waals surface area contributed by atoms with E-state index in [4.69, 9.17) is 4.84 Å². The molecule has 1 aromatic heterocycles. The summed E-state index contributed by atoms with van der Waals surface area (Å²) < 4.78 is 0. The van der Waals surface area contributed by atoms with Gasteiger partial charge in [0.1, 0.15) is 6.26 Å². The molecule has 4 heteroatoms. The number of H-pyrrole nitrogens is 1. The molecule has 3 nitrogen and oxygen atoms in total. The van der Waals surface area contributed by atoms with Crippen LogP contribution in [0.4, 0.5) is 5.69 Å². The topological polar surface area (TPSA) is 35.4 Å². The minimum absolute atomic E-state index is 0. The van der Waals surface area contributed by atoms with Crippen molar-refractivity contribution in [3.8, 4) is 0 Å². The van der Waals surface area contributed by atoms with Gasteiger partial charge in [-0.3, -0.25) is 0 Å². The molecule has 1 aromatic carbocycles. The summed E-state index contributed by atoms with van der Waals surface area (Å²) in [6.07, 6.45) is 5.51. The van der Waals surface area contributed by atoms with E-state index in [2.05, 4.69) is 22.6 Å². The number of hydrogen-bond acceptors (Lipinski definition) is 2. The third-order valence-electron chi connectivity index (χ3n) is 2.35. The second kappa shape index (κ2) is 3.79. The first-order chi connectivity index (χ1) is 6.95. The van der Waals surface area contributed by atoms with E-state index in [1.165, 1.54) is 5.39 Å². The fourth-order valence-corrected chi connectivity index (χ4v) is 1.68. The van der Waals surface area contributed by atoms with Crippen LogP contribution < -0.4 is 22.9 Å². The Morgan fingerprint density at radius 3 is 3.07 bits per heavy atom. The molecule has 3 rings (SSSR count). The fourth-order valence-electron chi connectivity index (χ4n) is 1.68. The van der Waals surface area contributed by atoms with Gasteiger partial charge in [-0.15, -0.1) is 0 Å². The van der Waals surface area contributed by atoms with Crippen molar-refractivity contribution in [3.63, 3.8) is 0 Å². The Labute approximate surface area is 93.1 Å². The maximum Gasteiger partial charge on any atom is 0.220 e. The third-order valence-corrected chi connectivity index (χ3v) is 2.35. The SMILES string of the molecule is C1=Cc2c(ccc3ccc[nH+]c23)NO1.[Cl-]. The van der Waals surface area contributed by atoms with Gasteiger partial charge in [0.25, 0.3) is 0 Å². The van der Waals surface area contributed by atoms with Crippen LogP contribution >= 0.6 is 0 Å². The monoisotopic (exact) mass is 220 g/mol. The largest absolute Gasteiger partial charge is 1.00 e. The van der Waals surface area contributed by atoms with Crippen molar-refractivity contribution >= 4 is 22.7 Å². The molecule has 0 atom stereocenters. The highest BCUT2D eigenvalue weighted by Crippen LogP contribution is 2.26. The summed E-state index contributed by atoms with van der Waals surface area (Å²) in [5, 5.41) is 1.19. The average molecular weight is 221 g/mol. The Bertz CT molecular complexity index is 525. The van der Waals surface area contributed by atoms with Crippen molar-refractivity contribution < 1.29 is 22.2 Å². The molecule has 0 spiro atoms. The van der Waals surface area contributed by atoms with E-state index in [1.54, 1.807) is 6.26 Å². The first-order valence-corrected chi connectivity index (χ1v) is 4.47. The quantitative estimate of drug-likeness (QED) is 0.618. The van der Waals surface area contributed by atoms with Crippen molar-refractivity contribution in [1.82, 2.24) is 0 Å². The molecule has 1 aliphatic heterocycles. The number of benzene rings is 1. The smallest absolute Gasteiger partial charge is 0.220 e. The number of fused-ring (bicyclic) bond motifs is 3. The second-order valence-corrected chi connectivity index (χ2v) is 3.18. The number of nitrogens with one attached hydrogen (secondary N) is 2. The van der Waals surface area contributed by atoms with E-state index in [0.717, 1.165) is 16.8 Å². The highest BCUT2D eigenvalue weighted by Gasteiger charge is 2.12. The van der Waals surface area contributed by atoms with Gasteiger partial charge in [-0.2, -0.15) is 0 Å². The summed E-state index contributed by atoms with van der Waals surface area (Å²) in [7, 11) is 0. The van der Waals surface area contributed by atoms with Crippen LogP contribution in [0.1, 0.15) is 5.56 Å². The molecule has 0 unspecified atom stereocenters. The number of pyridine rings is 1. The zero-order valence-corrected chi connectivity index (χ0v) is 8.58. The van der Waals surface area contributed by atoms with E-state index in [9.17, 15) is 0 Å². The van der Waals surface area contributed by atoms with Gasteiger partial charge >= 0.3 is 0 Å². The molecule has 2 heterocycles. The zero-order chi connectivity index (χ0) is 9.38. The Balaban J connectivity index is 0.000000853. The molecule has 0 bridgehead atoms. The standard InChI is InChI=1S/C11H8N2O.ClH/c1-2-8-3-4-10-9(5-7-14-13-10)11(8)12-6-1;/h1-7,13H;1H. The van der Waals surface area contributed by atoms with Gasteiger partial charge in [-0.1, -0.05) is 0 Å². The van der Waals surface area contributed by atoms with E-state index in [0.29, 0.717) is 0 Å². The lowest BCUT2D eigenvalue weighted by molar-refractivity contribution is -0.344. The van der Waals surface area contributed by atoms with Crippen LogP contribution in [0.25, 0.3) is 17.0 Å². The maximum atomic E-state index is 5.00. The maximum absolute atomic E-state index is 5.00. The fraction of sp³-hybridized carbons (Fsp3) is 0. The molecular weight excluding hydrogens is 212 g/mol. The van der Waals surface area contributed by atoms with Gasteiger partial charge < -0.3 is 17.2 Å². The highest BCUT2D eigenvalue weighted by atomic mass is 35.5. The molecule has 2 N–H and O–H groups in total. The average Bonchev–Trinajstić information content (AvgIpc) is 2.29. The summed E-state index contributed by atoms with van der Waals surface area (Å²) in [6, 6.07) is 8.13. The summed E-state index contributed by atoms with van der Waals surface area (Å²) >= 11 is 0. The van der Waals surface area contributed by atoms with Crippen LogP contribution in [0.5, 0.6) is 0 Å². The minimum Gasteiger partial charge on any atom is -1.00 e. The van der Waals surface area contributed by atoms with Gasteiger partial charge in [-0.05, 0) is 24.3 Å². The molecule has 0 radical (unpaired) electrons. The van der Waals surface area contributed by atoms with Crippen molar-refractivity contribution in [1.29, 1.82) is 0 Å². The molecule has 1 aliphatic rings. The molecule has 0 aliphatic carbocycles. The third kappa shape index (κ3) is 1.51. The van der Waals surface area contributed by atoms with E-state index in [1.807, 2.05) is 24.4 Å². The van der Waals surface area contributed by atoms with Crippen molar-refractivity contribution in [2.75, 3.05) is 5.48 Å². The first kappa shape index (κ1) is 9.80. The molecule has 76 valence electrons. The number of hydrogen-bond donors (Lipinski definition) is 1. The molecule has 15 heavy (non-hydrogen) atoms. The zero-order valence-electron chi connectivity index (χ0n) is 7.83. The molecule has 2 aromatic rings. The lowest BCUT2D eigenvalue weighted by Crippen LogP contribution is -3.00. The molecule has 0 fully saturated rings. The summed E-state index contributed by atoms with van der Waals surface area (Å²) in [6.45, 7) is 0. The number of aromatic nitrogens is 1. The summed E-state index contributed by atoms with van der Waals surface area (Å²) in [4.78, 5) is 8.23. The van der Waals surface area contributed by atoms with Crippen LogP contribution in [0.3, 0.4) is 0 Å². The van der Waals surface area contributed by atoms with E-state index < -0.39 is 0 Å². The number of anilines is 1. The Hall–Kier alpha value is -1.74. The lowest BCUT2D eigenvalue weighted by Gasteiger charge is -2.11. The van der Waals surface area contributed by atoms with Gasteiger partial charge in [0.05, 0.1) is 11.3 Å². The number of aromatic amines is 1. The minimum atomic E-state index is 0. The van der Waals surface area contributed by atoms with Crippen LogP contribution in [0.15, 0.2) is 36.7 Å². The normalized spacial score (nSPS) is 12.3. The Morgan fingerprint density at radius 2 is 2.13 bits per heavy atom. The Kier molecular flexibility index (Phi) is 2.47. The Morgan fingerprint density at radius 1 is 1.20 bits per heavy atom. The van der Waals surface area contributed by atoms with Crippen molar-refractivity contribution in [2.45, 2.75) is 0 Å². The first-order valence-electron chi connectivity index (χ1n) is 4.47. The van der Waals surface area contributed by atoms with Crippen molar-refractivity contribution in [3.05, 3.63) is 42.3 Å². The number of halogens is 1. The summed E-state index contributed by atoms with van der Waals surface area (Å²) in [5.74, 6) is 0.